The van der Waals surface area contributed by atoms with Crippen molar-refractivity contribution in [3.05, 3.63) is 35.9 Å². The summed E-state index contributed by atoms with van der Waals surface area (Å²) in [4.78, 5) is 12.1. The maximum absolute atomic E-state index is 12.1. The Bertz CT molecular complexity index is 596. The molecule has 0 saturated heterocycles. The summed E-state index contributed by atoms with van der Waals surface area (Å²) in [6.07, 6.45) is 7.06. The summed E-state index contributed by atoms with van der Waals surface area (Å²) >= 11 is 0. The number of carbonyl (C=O) groups is 1. The first kappa shape index (κ1) is 17.8. The summed E-state index contributed by atoms with van der Waals surface area (Å²) in [5.41, 5.74) is 1.11. The number of rotatable bonds is 6. The van der Waals surface area contributed by atoms with Crippen molar-refractivity contribution in [2.45, 2.75) is 38.1 Å². The second kappa shape index (κ2) is 8.34. The molecule has 2 rings (SSSR count). The van der Waals surface area contributed by atoms with Crippen LogP contribution in [0.2, 0.25) is 0 Å². The van der Waals surface area contributed by atoms with E-state index in [9.17, 15) is 13.2 Å². The molecule has 1 saturated carbocycles. The molecule has 1 aromatic carbocycles. The van der Waals surface area contributed by atoms with Crippen molar-refractivity contribution < 1.29 is 13.2 Å². The van der Waals surface area contributed by atoms with Gasteiger partial charge in [-0.25, -0.2) is 13.2 Å². The van der Waals surface area contributed by atoms with E-state index >= 15 is 0 Å². The summed E-state index contributed by atoms with van der Waals surface area (Å²) in [5.74, 6) is 0.395. The number of amides is 2. The zero-order valence-corrected chi connectivity index (χ0v) is 14.4. The Balaban J connectivity index is 1.98. The minimum Gasteiger partial charge on any atom is -0.337 e. The molecule has 2 amide bonds. The van der Waals surface area contributed by atoms with Gasteiger partial charge in [0, 0.05) is 12.8 Å². The van der Waals surface area contributed by atoms with Crippen molar-refractivity contribution in [3.63, 3.8) is 0 Å². The van der Waals surface area contributed by atoms with Gasteiger partial charge in [0.2, 0.25) is 0 Å². The minimum atomic E-state index is -3.06. The van der Waals surface area contributed by atoms with Crippen LogP contribution in [0.15, 0.2) is 30.3 Å². The molecular formula is C17H26N2O3S. The molecule has 1 aliphatic carbocycles. The average molecular weight is 338 g/mol. The lowest BCUT2D eigenvalue weighted by Gasteiger charge is -2.31. The van der Waals surface area contributed by atoms with Gasteiger partial charge >= 0.3 is 6.03 Å². The number of benzene rings is 1. The van der Waals surface area contributed by atoms with E-state index in [1.54, 1.807) is 0 Å². The first-order chi connectivity index (χ1) is 11.0. The molecular weight excluding hydrogens is 312 g/mol. The summed E-state index contributed by atoms with van der Waals surface area (Å²) in [7, 11) is -3.06. The Morgan fingerprint density at radius 2 is 1.83 bits per heavy atom. The Morgan fingerprint density at radius 3 is 2.43 bits per heavy atom. The molecule has 0 bridgehead atoms. The van der Waals surface area contributed by atoms with E-state index in [1.807, 2.05) is 30.3 Å². The topological polar surface area (TPSA) is 75.3 Å². The van der Waals surface area contributed by atoms with Crippen LogP contribution in [-0.4, -0.2) is 33.0 Å². The molecule has 1 fully saturated rings. The van der Waals surface area contributed by atoms with Gasteiger partial charge in [-0.05, 0) is 24.3 Å². The molecule has 1 unspecified atom stereocenters. The van der Waals surface area contributed by atoms with E-state index in [0.717, 1.165) is 18.4 Å². The first-order valence-corrected chi connectivity index (χ1v) is 10.3. The number of hydrogen-bond acceptors (Lipinski definition) is 3. The van der Waals surface area contributed by atoms with Gasteiger partial charge in [-0.1, -0.05) is 49.6 Å². The van der Waals surface area contributed by atoms with Crippen LogP contribution in [-0.2, 0) is 9.84 Å². The van der Waals surface area contributed by atoms with Crippen molar-refractivity contribution in [2.24, 2.45) is 5.92 Å². The normalized spacial score (nSPS) is 17.4. The Morgan fingerprint density at radius 1 is 1.17 bits per heavy atom. The lowest BCUT2D eigenvalue weighted by molar-refractivity contribution is 0.222. The third kappa shape index (κ3) is 6.22. The van der Waals surface area contributed by atoms with Crippen LogP contribution in [0.25, 0.3) is 0 Å². The molecule has 1 aromatic rings. The molecule has 0 heterocycles. The van der Waals surface area contributed by atoms with E-state index in [4.69, 9.17) is 0 Å². The number of hydrogen-bond donors (Lipinski definition) is 2. The number of sulfone groups is 1. The predicted octanol–water partition coefficient (Wildman–Crippen LogP) is 2.65. The van der Waals surface area contributed by atoms with Gasteiger partial charge in [-0.2, -0.15) is 0 Å². The summed E-state index contributed by atoms with van der Waals surface area (Å²) in [5, 5.41) is 5.69. The van der Waals surface area contributed by atoms with Gasteiger partial charge in [-0.3, -0.25) is 0 Å². The summed E-state index contributed by atoms with van der Waals surface area (Å²) in [6.45, 7) is 0.136. The summed E-state index contributed by atoms with van der Waals surface area (Å²) in [6, 6.07) is 9.69. The second-order valence-electron chi connectivity index (χ2n) is 6.32. The molecule has 0 radical (unpaired) electrons. The zero-order chi connectivity index (χ0) is 16.7. The van der Waals surface area contributed by atoms with Crippen molar-refractivity contribution in [1.82, 2.24) is 10.6 Å². The molecule has 1 atom stereocenters. The Kier molecular flexibility index (Phi) is 6.45. The van der Waals surface area contributed by atoms with Crippen LogP contribution in [0, 0.1) is 5.92 Å². The predicted molar refractivity (Wildman–Crippen MR) is 92.0 cm³/mol. The van der Waals surface area contributed by atoms with Gasteiger partial charge < -0.3 is 10.6 Å². The maximum atomic E-state index is 12.1. The lowest BCUT2D eigenvalue weighted by Crippen LogP contribution is -2.42. The lowest BCUT2D eigenvalue weighted by atomic mass is 9.81. The first-order valence-electron chi connectivity index (χ1n) is 8.23. The fraction of sp³-hybridized carbons (Fsp3) is 0.588. The highest BCUT2D eigenvalue weighted by Gasteiger charge is 2.26. The molecule has 2 N–H and O–H groups in total. The second-order valence-corrected chi connectivity index (χ2v) is 8.58. The molecule has 1 aliphatic rings. The average Bonchev–Trinajstić information content (AvgIpc) is 2.53. The number of nitrogens with one attached hydrogen (secondary N) is 2. The van der Waals surface area contributed by atoms with Gasteiger partial charge in [0.1, 0.15) is 9.84 Å². The molecule has 0 aliphatic heterocycles. The third-order valence-electron chi connectivity index (χ3n) is 4.32. The van der Waals surface area contributed by atoms with Crippen molar-refractivity contribution in [2.75, 3.05) is 18.6 Å². The van der Waals surface area contributed by atoms with Crippen molar-refractivity contribution in [3.8, 4) is 0 Å². The van der Waals surface area contributed by atoms with Gasteiger partial charge in [-0.15, -0.1) is 0 Å². The quantitative estimate of drug-likeness (QED) is 0.837. The highest BCUT2D eigenvalue weighted by Crippen LogP contribution is 2.34. The third-order valence-corrected chi connectivity index (χ3v) is 5.27. The fourth-order valence-electron chi connectivity index (χ4n) is 3.14. The standard InChI is InChI=1S/C17H26N2O3S/c1-23(21,22)13-12-18-17(20)19-16(14-8-4-2-5-9-14)15-10-6-3-7-11-15/h2,4-5,8-9,15-16H,3,6-7,10-13H2,1H3,(H2,18,19,20). The zero-order valence-electron chi connectivity index (χ0n) is 13.6. The SMILES string of the molecule is CS(=O)(=O)CCNC(=O)NC(c1ccccc1)C1CCCCC1. The molecule has 6 heteroatoms. The van der Waals surface area contributed by atoms with Gasteiger partial charge in [0.25, 0.3) is 0 Å². The maximum Gasteiger partial charge on any atom is 0.315 e. The van der Waals surface area contributed by atoms with Crippen LogP contribution in [0.1, 0.15) is 43.7 Å². The van der Waals surface area contributed by atoms with Crippen LogP contribution < -0.4 is 10.6 Å². The number of carbonyl (C=O) groups excluding carboxylic acids is 1. The highest BCUT2D eigenvalue weighted by molar-refractivity contribution is 7.90. The van der Waals surface area contributed by atoms with E-state index in [1.165, 1.54) is 25.5 Å². The Hall–Kier alpha value is -1.56. The van der Waals surface area contributed by atoms with E-state index < -0.39 is 9.84 Å². The fourth-order valence-corrected chi connectivity index (χ4v) is 3.62. The van der Waals surface area contributed by atoms with Crippen LogP contribution >= 0.6 is 0 Å². The largest absolute Gasteiger partial charge is 0.337 e. The molecule has 128 valence electrons. The van der Waals surface area contributed by atoms with Crippen LogP contribution in [0.3, 0.4) is 0 Å². The van der Waals surface area contributed by atoms with Gasteiger partial charge in [0.05, 0.1) is 11.8 Å². The monoisotopic (exact) mass is 338 g/mol. The van der Waals surface area contributed by atoms with E-state index in [2.05, 4.69) is 10.6 Å². The smallest absolute Gasteiger partial charge is 0.315 e. The van der Waals surface area contributed by atoms with Gasteiger partial charge in [0.15, 0.2) is 0 Å². The molecule has 0 aromatic heterocycles. The molecule has 5 nitrogen and oxygen atoms in total. The van der Waals surface area contributed by atoms with E-state index in [0.29, 0.717) is 5.92 Å². The van der Waals surface area contributed by atoms with E-state index in [-0.39, 0.29) is 24.4 Å². The highest BCUT2D eigenvalue weighted by atomic mass is 32.2. The molecule has 23 heavy (non-hydrogen) atoms. The van der Waals surface area contributed by atoms with Crippen LogP contribution in [0.5, 0.6) is 0 Å². The van der Waals surface area contributed by atoms with Crippen molar-refractivity contribution in [1.29, 1.82) is 0 Å². The van der Waals surface area contributed by atoms with Crippen molar-refractivity contribution >= 4 is 15.9 Å². The summed E-state index contributed by atoms with van der Waals surface area (Å²) < 4.78 is 22.3. The number of urea groups is 1. The van der Waals surface area contributed by atoms with Crippen LogP contribution in [0.4, 0.5) is 4.79 Å². The minimum absolute atomic E-state index is 0.0188. The Labute approximate surface area is 138 Å². The molecule has 0 spiro atoms.